The average molecular weight is 330 g/mol. The van der Waals surface area contributed by atoms with Crippen molar-refractivity contribution in [1.29, 1.82) is 0 Å². The number of amides is 1. The highest BCUT2D eigenvalue weighted by Crippen LogP contribution is 2.16. The lowest BCUT2D eigenvalue weighted by atomic mass is 10.3. The van der Waals surface area contributed by atoms with Crippen LogP contribution >= 0.6 is 36.2 Å². The normalized spacial score (nSPS) is 11.1. The van der Waals surface area contributed by atoms with Gasteiger partial charge in [-0.2, -0.15) is 0 Å². The molecule has 1 amide bonds. The highest BCUT2D eigenvalue weighted by Gasteiger charge is 2.11. The van der Waals surface area contributed by atoms with Crippen molar-refractivity contribution in [2.45, 2.75) is 19.9 Å². The summed E-state index contributed by atoms with van der Waals surface area (Å²) in [5, 5.41) is 8.80. The van der Waals surface area contributed by atoms with Crippen molar-refractivity contribution in [2.75, 3.05) is 26.8 Å². The Bertz CT molecular complexity index is 363. The Balaban J connectivity index is 0. The second-order valence-electron chi connectivity index (χ2n) is 3.79. The fourth-order valence-electron chi connectivity index (χ4n) is 1.30. The summed E-state index contributed by atoms with van der Waals surface area (Å²) in [5.74, 6) is -0.0264. The molecule has 8 heteroatoms. The number of aromatic nitrogens is 1. The molecule has 1 unspecified atom stereocenters. The molecule has 0 radical (unpaired) electrons. The Kier molecular flexibility index (Phi) is 12.6. The number of hydrogen-bond donors (Lipinski definition) is 2. The van der Waals surface area contributed by atoms with Crippen molar-refractivity contribution in [2.24, 2.45) is 0 Å². The maximum absolute atomic E-state index is 11.6. The van der Waals surface area contributed by atoms with Gasteiger partial charge in [-0.3, -0.25) is 4.79 Å². The first-order valence-electron chi connectivity index (χ1n) is 5.54. The third-order valence-electron chi connectivity index (χ3n) is 2.15. The van der Waals surface area contributed by atoms with E-state index in [9.17, 15) is 4.79 Å². The first kappa shape index (κ1) is 20.9. The van der Waals surface area contributed by atoms with Crippen LogP contribution in [0, 0.1) is 6.92 Å². The standard InChI is InChI=1S/C11H19N3O2S.2ClH/c1-8-7-17-11(13-8)9(2)14-10(15)6-12-4-5-16-3;;/h7,9,12H,4-6H2,1-3H3,(H,14,15);2*1H. The lowest BCUT2D eigenvalue weighted by Gasteiger charge is -2.11. The van der Waals surface area contributed by atoms with Crippen molar-refractivity contribution >= 4 is 42.1 Å². The number of methoxy groups -OCH3 is 1. The van der Waals surface area contributed by atoms with Crippen LogP contribution in [0.4, 0.5) is 0 Å². The van der Waals surface area contributed by atoms with Gasteiger partial charge in [0.05, 0.1) is 19.2 Å². The minimum atomic E-state index is -0.0366. The second kappa shape index (κ2) is 11.4. The molecule has 1 aromatic heterocycles. The molecule has 0 saturated carbocycles. The Morgan fingerprint density at radius 1 is 1.53 bits per heavy atom. The zero-order valence-electron chi connectivity index (χ0n) is 11.3. The van der Waals surface area contributed by atoms with E-state index in [0.29, 0.717) is 19.7 Å². The summed E-state index contributed by atoms with van der Waals surface area (Å²) < 4.78 is 4.87. The van der Waals surface area contributed by atoms with Crippen LogP contribution in [0.3, 0.4) is 0 Å². The topological polar surface area (TPSA) is 63.2 Å². The minimum Gasteiger partial charge on any atom is -0.383 e. The summed E-state index contributed by atoms with van der Waals surface area (Å²) in [6.07, 6.45) is 0. The van der Waals surface area contributed by atoms with Crippen molar-refractivity contribution in [3.05, 3.63) is 16.1 Å². The summed E-state index contributed by atoms with van der Waals surface area (Å²) in [5.41, 5.74) is 0.990. The number of rotatable bonds is 7. The summed E-state index contributed by atoms with van der Waals surface area (Å²) in [6, 6.07) is -0.0366. The minimum absolute atomic E-state index is 0. The molecule has 0 bridgehead atoms. The third kappa shape index (κ3) is 8.39. The maximum Gasteiger partial charge on any atom is 0.234 e. The Morgan fingerprint density at radius 3 is 2.74 bits per heavy atom. The van der Waals surface area contributed by atoms with Crippen LogP contribution in [0.1, 0.15) is 23.7 Å². The van der Waals surface area contributed by atoms with Crippen LogP contribution in [-0.4, -0.2) is 37.7 Å². The van der Waals surface area contributed by atoms with E-state index in [-0.39, 0.29) is 36.8 Å². The number of carbonyl (C=O) groups is 1. The van der Waals surface area contributed by atoms with E-state index in [1.165, 1.54) is 0 Å². The van der Waals surface area contributed by atoms with Gasteiger partial charge in [0.2, 0.25) is 5.91 Å². The fraction of sp³-hybridized carbons (Fsp3) is 0.636. The monoisotopic (exact) mass is 329 g/mol. The molecule has 0 spiro atoms. The third-order valence-corrected chi connectivity index (χ3v) is 3.30. The number of halogens is 2. The average Bonchev–Trinajstić information content (AvgIpc) is 2.71. The molecular weight excluding hydrogens is 309 g/mol. The van der Waals surface area contributed by atoms with Gasteiger partial charge in [0.1, 0.15) is 5.01 Å². The molecule has 19 heavy (non-hydrogen) atoms. The van der Waals surface area contributed by atoms with Crippen molar-refractivity contribution in [1.82, 2.24) is 15.6 Å². The Hall–Kier alpha value is -0.400. The van der Waals surface area contributed by atoms with Gasteiger partial charge in [-0.25, -0.2) is 4.98 Å². The molecule has 112 valence electrons. The van der Waals surface area contributed by atoms with E-state index in [1.54, 1.807) is 18.4 Å². The molecule has 0 fully saturated rings. The largest absolute Gasteiger partial charge is 0.383 e. The smallest absolute Gasteiger partial charge is 0.234 e. The SMILES string of the molecule is COCCNCC(=O)NC(C)c1nc(C)cs1.Cl.Cl. The van der Waals surface area contributed by atoms with E-state index in [0.717, 1.165) is 10.7 Å². The lowest BCUT2D eigenvalue weighted by molar-refractivity contribution is -0.120. The molecule has 1 atom stereocenters. The lowest BCUT2D eigenvalue weighted by Crippen LogP contribution is -2.36. The van der Waals surface area contributed by atoms with Crippen LogP contribution < -0.4 is 10.6 Å². The molecule has 1 heterocycles. The number of thiazole rings is 1. The first-order chi connectivity index (χ1) is 8.13. The molecular formula is C11H21Cl2N3O2S. The van der Waals surface area contributed by atoms with Gasteiger partial charge >= 0.3 is 0 Å². The number of carbonyl (C=O) groups excluding carboxylic acids is 1. The van der Waals surface area contributed by atoms with Gasteiger partial charge in [0.25, 0.3) is 0 Å². The first-order valence-corrected chi connectivity index (χ1v) is 6.42. The van der Waals surface area contributed by atoms with Crippen LogP contribution in [0.25, 0.3) is 0 Å². The van der Waals surface area contributed by atoms with Gasteiger partial charge < -0.3 is 15.4 Å². The quantitative estimate of drug-likeness (QED) is 0.747. The molecule has 1 aromatic rings. The molecule has 5 nitrogen and oxygen atoms in total. The summed E-state index contributed by atoms with van der Waals surface area (Å²) in [4.78, 5) is 15.9. The van der Waals surface area contributed by atoms with Crippen LogP contribution in [0.5, 0.6) is 0 Å². The van der Waals surface area contributed by atoms with Crippen molar-refractivity contribution < 1.29 is 9.53 Å². The van der Waals surface area contributed by atoms with E-state index in [4.69, 9.17) is 4.74 Å². The summed E-state index contributed by atoms with van der Waals surface area (Å²) in [6.45, 7) is 5.47. The van der Waals surface area contributed by atoms with Gasteiger partial charge in [0, 0.05) is 24.7 Å². The molecule has 2 N–H and O–H groups in total. The molecule has 0 aliphatic rings. The molecule has 0 aliphatic heterocycles. The van der Waals surface area contributed by atoms with Gasteiger partial charge in [-0.05, 0) is 13.8 Å². The van der Waals surface area contributed by atoms with Gasteiger partial charge in [0.15, 0.2) is 0 Å². The maximum atomic E-state index is 11.6. The van der Waals surface area contributed by atoms with Crippen molar-refractivity contribution in [3.63, 3.8) is 0 Å². The van der Waals surface area contributed by atoms with E-state index >= 15 is 0 Å². The molecule has 0 aliphatic carbocycles. The number of nitrogens with zero attached hydrogens (tertiary/aromatic N) is 1. The highest BCUT2D eigenvalue weighted by atomic mass is 35.5. The fourth-order valence-corrected chi connectivity index (χ4v) is 2.11. The predicted octanol–water partition coefficient (Wildman–Crippen LogP) is 1.71. The number of aryl methyl sites for hydroxylation is 1. The molecule has 0 saturated heterocycles. The van der Waals surface area contributed by atoms with E-state index < -0.39 is 0 Å². The summed E-state index contributed by atoms with van der Waals surface area (Å²) >= 11 is 1.57. The predicted molar refractivity (Wildman–Crippen MR) is 82.7 cm³/mol. The molecule has 0 aromatic carbocycles. The Morgan fingerprint density at radius 2 is 2.21 bits per heavy atom. The van der Waals surface area contributed by atoms with Gasteiger partial charge in [-0.15, -0.1) is 36.2 Å². The Labute approximate surface area is 130 Å². The number of nitrogens with one attached hydrogen (secondary N) is 2. The van der Waals surface area contributed by atoms with Gasteiger partial charge in [-0.1, -0.05) is 0 Å². The zero-order chi connectivity index (χ0) is 12.7. The second-order valence-corrected chi connectivity index (χ2v) is 4.68. The van der Waals surface area contributed by atoms with Crippen molar-refractivity contribution in [3.8, 4) is 0 Å². The zero-order valence-corrected chi connectivity index (χ0v) is 13.7. The summed E-state index contributed by atoms with van der Waals surface area (Å²) in [7, 11) is 1.63. The highest BCUT2D eigenvalue weighted by molar-refractivity contribution is 7.09. The number of ether oxygens (including phenoxy) is 1. The molecule has 1 rings (SSSR count). The van der Waals surface area contributed by atoms with Crippen LogP contribution in [0.15, 0.2) is 5.38 Å². The van der Waals surface area contributed by atoms with Crippen LogP contribution in [-0.2, 0) is 9.53 Å². The number of hydrogen-bond acceptors (Lipinski definition) is 5. The van der Waals surface area contributed by atoms with E-state index in [2.05, 4.69) is 15.6 Å². The van der Waals surface area contributed by atoms with Crippen LogP contribution in [0.2, 0.25) is 0 Å². The van der Waals surface area contributed by atoms with E-state index in [1.807, 2.05) is 19.2 Å².